The summed E-state index contributed by atoms with van der Waals surface area (Å²) in [6, 6.07) is 7.39. The van der Waals surface area contributed by atoms with Gasteiger partial charge in [-0.15, -0.1) is 0 Å². The summed E-state index contributed by atoms with van der Waals surface area (Å²) in [5, 5.41) is 6.49. The Labute approximate surface area is 99.6 Å². The number of nitrogens with zero attached hydrogens (tertiary/aromatic N) is 1. The van der Waals surface area contributed by atoms with Crippen molar-refractivity contribution in [1.82, 2.24) is 5.16 Å². The van der Waals surface area contributed by atoms with Gasteiger partial charge < -0.3 is 9.84 Å². The van der Waals surface area contributed by atoms with Crippen LogP contribution in [0.1, 0.15) is 27.4 Å². The molecule has 1 amide bonds. The zero-order valence-electron chi connectivity index (χ0n) is 10.1. The summed E-state index contributed by atoms with van der Waals surface area (Å²) < 4.78 is 4.91. The molecule has 0 fully saturated rings. The van der Waals surface area contributed by atoms with Crippen LogP contribution in [0.2, 0.25) is 0 Å². The van der Waals surface area contributed by atoms with Crippen molar-refractivity contribution in [3.05, 3.63) is 46.8 Å². The summed E-state index contributed by atoms with van der Waals surface area (Å²) in [5.41, 5.74) is 3.67. The smallest absolute Gasteiger partial charge is 0.294 e. The van der Waals surface area contributed by atoms with E-state index >= 15 is 0 Å². The number of aryl methyl sites for hydroxylation is 2. The maximum absolute atomic E-state index is 11.8. The van der Waals surface area contributed by atoms with Crippen LogP contribution in [0.5, 0.6) is 0 Å². The van der Waals surface area contributed by atoms with Gasteiger partial charge in [-0.25, -0.2) is 0 Å². The largest absolute Gasteiger partial charge is 0.351 e. The predicted molar refractivity (Wildman–Crippen MR) is 65.1 cm³/mol. The van der Waals surface area contributed by atoms with Gasteiger partial charge in [-0.05, 0) is 38.0 Å². The number of amides is 1. The van der Waals surface area contributed by atoms with Crippen LogP contribution in [0, 0.1) is 20.8 Å². The normalized spacial score (nSPS) is 10.3. The monoisotopic (exact) mass is 230 g/mol. The summed E-state index contributed by atoms with van der Waals surface area (Å²) in [6.45, 7) is 5.75. The van der Waals surface area contributed by atoms with E-state index in [-0.39, 0.29) is 11.7 Å². The van der Waals surface area contributed by atoms with Crippen molar-refractivity contribution in [2.45, 2.75) is 20.8 Å². The summed E-state index contributed by atoms with van der Waals surface area (Å²) in [5.74, 6) is -0.0530. The van der Waals surface area contributed by atoms with Gasteiger partial charge in [-0.2, -0.15) is 0 Å². The number of nitrogens with one attached hydrogen (secondary N) is 1. The first-order chi connectivity index (χ1) is 8.08. The Morgan fingerprint density at radius 3 is 2.71 bits per heavy atom. The van der Waals surface area contributed by atoms with E-state index in [1.165, 1.54) is 0 Å². The number of aromatic nitrogens is 1. The molecule has 0 unspecified atom stereocenters. The van der Waals surface area contributed by atoms with Gasteiger partial charge in [0.25, 0.3) is 5.91 Å². The molecular weight excluding hydrogens is 216 g/mol. The molecule has 1 aromatic carbocycles. The first kappa shape index (κ1) is 11.4. The molecule has 0 saturated carbocycles. The lowest BCUT2D eigenvalue weighted by Crippen LogP contribution is -2.12. The zero-order valence-corrected chi connectivity index (χ0v) is 10.1. The minimum Gasteiger partial charge on any atom is -0.351 e. The second-order valence-corrected chi connectivity index (χ2v) is 4.03. The van der Waals surface area contributed by atoms with E-state index in [2.05, 4.69) is 10.5 Å². The van der Waals surface area contributed by atoms with Gasteiger partial charge in [-0.1, -0.05) is 17.3 Å². The molecule has 17 heavy (non-hydrogen) atoms. The SMILES string of the molecule is Cc1cc(C(=O)Nc2cccc(C)c2C)on1. The Morgan fingerprint density at radius 1 is 1.29 bits per heavy atom. The molecule has 2 rings (SSSR count). The van der Waals surface area contributed by atoms with Gasteiger partial charge in [0.05, 0.1) is 5.69 Å². The molecule has 0 aliphatic carbocycles. The molecule has 0 atom stereocenters. The molecule has 1 aromatic heterocycles. The van der Waals surface area contributed by atoms with Crippen molar-refractivity contribution in [2.75, 3.05) is 5.32 Å². The van der Waals surface area contributed by atoms with Gasteiger partial charge in [0.1, 0.15) is 0 Å². The predicted octanol–water partition coefficient (Wildman–Crippen LogP) is 2.85. The maximum atomic E-state index is 11.8. The Balaban J connectivity index is 2.21. The maximum Gasteiger partial charge on any atom is 0.294 e. The molecular formula is C13H14N2O2. The van der Waals surface area contributed by atoms with Crippen molar-refractivity contribution in [2.24, 2.45) is 0 Å². The molecule has 1 N–H and O–H groups in total. The molecule has 4 nitrogen and oxygen atoms in total. The first-order valence-electron chi connectivity index (χ1n) is 5.39. The fourth-order valence-corrected chi connectivity index (χ4v) is 1.54. The molecule has 0 radical (unpaired) electrons. The highest BCUT2D eigenvalue weighted by Crippen LogP contribution is 2.18. The molecule has 0 aliphatic heterocycles. The minimum atomic E-state index is -0.278. The molecule has 0 spiro atoms. The summed E-state index contributed by atoms with van der Waals surface area (Å²) in [7, 11) is 0. The zero-order chi connectivity index (χ0) is 12.4. The van der Waals surface area contributed by atoms with Crippen LogP contribution >= 0.6 is 0 Å². The fraction of sp³-hybridized carbons (Fsp3) is 0.231. The van der Waals surface area contributed by atoms with Crippen LogP contribution in [0.15, 0.2) is 28.8 Å². The van der Waals surface area contributed by atoms with E-state index in [9.17, 15) is 4.79 Å². The molecule has 0 bridgehead atoms. The van der Waals surface area contributed by atoms with Gasteiger partial charge in [0, 0.05) is 11.8 Å². The second-order valence-electron chi connectivity index (χ2n) is 4.03. The number of benzene rings is 1. The standard InChI is InChI=1S/C13H14N2O2/c1-8-5-4-6-11(10(8)3)14-13(16)12-7-9(2)15-17-12/h4-7H,1-3H3,(H,14,16). The van der Waals surface area contributed by atoms with Crippen LogP contribution < -0.4 is 5.32 Å². The highest BCUT2D eigenvalue weighted by atomic mass is 16.5. The highest BCUT2D eigenvalue weighted by Gasteiger charge is 2.12. The summed E-state index contributed by atoms with van der Waals surface area (Å²) >= 11 is 0. The lowest BCUT2D eigenvalue weighted by Gasteiger charge is -2.08. The second kappa shape index (κ2) is 4.41. The Kier molecular flexibility index (Phi) is 2.95. The summed E-state index contributed by atoms with van der Waals surface area (Å²) in [4.78, 5) is 11.8. The molecule has 1 heterocycles. The average molecular weight is 230 g/mol. The third-order valence-electron chi connectivity index (χ3n) is 2.70. The van der Waals surface area contributed by atoms with E-state index in [4.69, 9.17) is 4.52 Å². The molecule has 88 valence electrons. The molecule has 2 aromatic rings. The number of hydrogen-bond acceptors (Lipinski definition) is 3. The van der Waals surface area contributed by atoms with Crippen LogP contribution in [0.3, 0.4) is 0 Å². The van der Waals surface area contributed by atoms with Crippen molar-refractivity contribution >= 4 is 11.6 Å². The Bertz CT molecular complexity index is 558. The van der Waals surface area contributed by atoms with E-state index < -0.39 is 0 Å². The van der Waals surface area contributed by atoms with Crippen molar-refractivity contribution in [1.29, 1.82) is 0 Å². The van der Waals surface area contributed by atoms with E-state index in [0.717, 1.165) is 16.8 Å². The molecule has 0 aliphatic rings. The van der Waals surface area contributed by atoms with Crippen LogP contribution in [0.4, 0.5) is 5.69 Å². The lowest BCUT2D eigenvalue weighted by molar-refractivity contribution is 0.0988. The minimum absolute atomic E-state index is 0.225. The number of rotatable bonds is 2. The first-order valence-corrected chi connectivity index (χ1v) is 5.39. The number of hydrogen-bond donors (Lipinski definition) is 1. The van der Waals surface area contributed by atoms with Crippen molar-refractivity contribution in [3.8, 4) is 0 Å². The van der Waals surface area contributed by atoms with E-state index in [0.29, 0.717) is 5.69 Å². The van der Waals surface area contributed by atoms with Crippen LogP contribution in [-0.4, -0.2) is 11.1 Å². The fourth-order valence-electron chi connectivity index (χ4n) is 1.54. The quantitative estimate of drug-likeness (QED) is 0.863. The van der Waals surface area contributed by atoms with Crippen LogP contribution in [0.25, 0.3) is 0 Å². The number of anilines is 1. The Morgan fingerprint density at radius 2 is 2.06 bits per heavy atom. The van der Waals surface area contributed by atoms with Gasteiger partial charge >= 0.3 is 0 Å². The molecule has 0 saturated heterocycles. The number of carbonyl (C=O) groups excluding carboxylic acids is 1. The number of carbonyl (C=O) groups is 1. The summed E-state index contributed by atoms with van der Waals surface area (Å²) in [6.07, 6.45) is 0. The topological polar surface area (TPSA) is 55.1 Å². The third kappa shape index (κ3) is 2.36. The third-order valence-corrected chi connectivity index (χ3v) is 2.70. The van der Waals surface area contributed by atoms with Gasteiger partial charge in [0.15, 0.2) is 0 Å². The Hall–Kier alpha value is -2.10. The highest BCUT2D eigenvalue weighted by molar-refractivity contribution is 6.02. The average Bonchev–Trinajstić information content (AvgIpc) is 2.72. The van der Waals surface area contributed by atoms with Crippen molar-refractivity contribution in [3.63, 3.8) is 0 Å². The van der Waals surface area contributed by atoms with Crippen molar-refractivity contribution < 1.29 is 9.32 Å². The van der Waals surface area contributed by atoms with E-state index in [1.807, 2.05) is 32.0 Å². The van der Waals surface area contributed by atoms with Gasteiger partial charge in [-0.3, -0.25) is 4.79 Å². The van der Waals surface area contributed by atoms with E-state index in [1.54, 1.807) is 13.0 Å². The van der Waals surface area contributed by atoms with Gasteiger partial charge in [0.2, 0.25) is 5.76 Å². The lowest BCUT2D eigenvalue weighted by atomic mass is 10.1. The van der Waals surface area contributed by atoms with Crippen LogP contribution in [-0.2, 0) is 0 Å². The molecule has 4 heteroatoms.